The summed E-state index contributed by atoms with van der Waals surface area (Å²) < 4.78 is 68.6. The largest absolute Gasteiger partial charge is 0.472 e. The molecule has 0 saturated heterocycles. The highest BCUT2D eigenvalue weighted by Crippen LogP contribution is 2.45. The summed E-state index contributed by atoms with van der Waals surface area (Å²) in [5.41, 5.74) is 0. The van der Waals surface area contributed by atoms with Crippen molar-refractivity contribution in [3.63, 3.8) is 0 Å². The summed E-state index contributed by atoms with van der Waals surface area (Å²) in [6.07, 6.45) is 80.7. The summed E-state index contributed by atoms with van der Waals surface area (Å²) in [4.78, 5) is 73.0. The number of phosphoric acid groups is 2. The molecule has 102 heavy (non-hydrogen) atoms. The van der Waals surface area contributed by atoms with Crippen molar-refractivity contribution in [3.05, 3.63) is 109 Å². The minimum absolute atomic E-state index is 0.0815. The smallest absolute Gasteiger partial charge is 0.462 e. The maximum atomic E-state index is 13.1. The van der Waals surface area contributed by atoms with E-state index in [1.807, 2.05) is 0 Å². The van der Waals surface area contributed by atoms with Gasteiger partial charge >= 0.3 is 39.5 Å². The van der Waals surface area contributed by atoms with Gasteiger partial charge in [0.1, 0.15) is 19.3 Å². The molecule has 0 aromatic carbocycles. The van der Waals surface area contributed by atoms with Crippen molar-refractivity contribution in [3.8, 4) is 0 Å². The van der Waals surface area contributed by atoms with E-state index in [2.05, 4.69) is 137 Å². The summed E-state index contributed by atoms with van der Waals surface area (Å²) in [5.74, 6) is -2.22. The molecule has 0 spiro atoms. The van der Waals surface area contributed by atoms with Crippen LogP contribution in [-0.2, 0) is 65.4 Å². The predicted octanol–water partition coefficient (Wildman–Crippen LogP) is 23.3. The number of phosphoric ester groups is 2. The summed E-state index contributed by atoms with van der Waals surface area (Å²) in [6, 6.07) is 0. The first-order valence-corrected chi connectivity index (χ1v) is 43.1. The van der Waals surface area contributed by atoms with Gasteiger partial charge in [0.05, 0.1) is 26.4 Å². The lowest BCUT2D eigenvalue weighted by Gasteiger charge is -2.21. The Labute approximate surface area is 619 Å². The molecule has 0 bridgehead atoms. The lowest BCUT2D eigenvalue weighted by atomic mass is 10.0. The van der Waals surface area contributed by atoms with Crippen LogP contribution >= 0.6 is 15.6 Å². The quantitative estimate of drug-likeness (QED) is 0.0169. The lowest BCUT2D eigenvalue weighted by Crippen LogP contribution is -2.30. The number of hydrogen-bond donors (Lipinski definition) is 3. The van der Waals surface area contributed by atoms with Gasteiger partial charge in [0.25, 0.3) is 0 Å². The molecule has 5 unspecified atom stereocenters. The molecular formula is C83H144O17P2. The second kappa shape index (κ2) is 75.0. The highest BCUT2D eigenvalue weighted by Gasteiger charge is 2.30. The highest BCUT2D eigenvalue weighted by atomic mass is 31.2. The van der Waals surface area contributed by atoms with E-state index in [1.54, 1.807) is 0 Å². The standard InChI is InChI=1S/C83H144O17P2/c1-5-9-13-17-21-25-29-32-35-37-38-40-43-45-49-52-56-60-64-68-81(86)94-74-79(100-83(88)70-66-62-58-54-50-46-41-34-31-27-23-19-15-11-7-3)76-98-102(91,92)96-72-77(84)71-95-101(89,90)97-75-78(99-82(87)69-65-61-57-53-47-28-24-20-16-12-8-4)73-93-80(85)67-63-59-55-51-48-44-42-39-36-33-30-26-22-18-14-10-6-2/h9-10,13-14,20-22,24-26,32-33,35-36,38,40,45,49,77-79,84H,5-8,11-12,15-19,23,27-31,34,37,39,41-44,46-48,50-76H2,1-4H3,(H,89,90)(H,91,92)/b13-9-,14-10-,24-20-,25-21-,26-22-,35-32-,36-33-,40-38-,49-45-. The van der Waals surface area contributed by atoms with Crippen molar-refractivity contribution in [1.29, 1.82) is 0 Å². The molecule has 3 N–H and O–H groups in total. The van der Waals surface area contributed by atoms with Crippen molar-refractivity contribution in [2.24, 2.45) is 0 Å². The maximum absolute atomic E-state index is 13.1. The lowest BCUT2D eigenvalue weighted by molar-refractivity contribution is -0.161. The molecule has 19 heteroatoms. The summed E-state index contributed by atoms with van der Waals surface area (Å²) in [7, 11) is -9.96. The number of ether oxygens (including phenoxy) is 4. The van der Waals surface area contributed by atoms with Crippen LogP contribution in [0.3, 0.4) is 0 Å². The van der Waals surface area contributed by atoms with E-state index in [9.17, 15) is 43.2 Å². The van der Waals surface area contributed by atoms with Crippen molar-refractivity contribution < 1.29 is 80.2 Å². The first kappa shape index (κ1) is 97.7. The first-order chi connectivity index (χ1) is 49.7. The number of carbonyl (C=O) groups excluding carboxylic acids is 4. The van der Waals surface area contributed by atoms with E-state index in [-0.39, 0.29) is 25.7 Å². The van der Waals surface area contributed by atoms with Gasteiger partial charge in [-0.25, -0.2) is 9.13 Å². The fourth-order valence-electron chi connectivity index (χ4n) is 10.7. The van der Waals surface area contributed by atoms with Gasteiger partial charge in [-0.3, -0.25) is 37.3 Å². The summed E-state index contributed by atoms with van der Waals surface area (Å²) >= 11 is 0. The van der Waals surface area contributed by atoms with E-state index >= 15 is 0 Å². The van der Waals surface area contributed by atoms with Crippen molar-refractivity contribution >= 4 is 39.5 Å². The van der Waals surface area contributed by atoms with Gasteiger partial charge in [0.2, 0.25) is 0 Å². The second-order valence-electron chi connectivity index (χ2n) is 26.6. The minimum atomic E-state index is -4.98. The molecule has 0 radical (unpaired) electrons. The van der Waals surface area contributed by atoms with Gasteiger partial charge in [-0.1, -0.05) is 298 Å². The van der Waals surface area contributed by atoms with Crippen LogP contribution in [0.2, 0.25) is 0 Å². The third-order valence-corrected chi connectivity index (χ3v) is 18.6. The number of aliphatic hydroxyl groups excluding tert-OH is 1. The number of carbonyl (C=O) groups is 4. The molecular weight excluding hydrogens is 1330 g/mol. The van der Waals surface area contributed by atoms with E-state index < -0.39 is 97.5 Å². The summed E-state index contributed by atoms with van der Waals surface area (Å²) in [6.45, 7) is 4.59. The number of unbranched alkanes of at least 4 members (excludes halogenated alkanes) is 31. The van der Waals surface area contributed by atoms with Crippen molar-refractivity contribution in [1.82, 2.24) is 0 Å². The predicted molar refractivity (Wildman–Crippen MR) is 418 cm³/mol. The van der Waals surface area contributed by atoms with Crippen molar-refractivity contribution in [2.75, 3.05) is 39.6 Å². The van der Waals surface area contributed by atoms with E-state index in [0.29, 0.717) is 25.7 Å². The monoisotopic (exact) mass is 1470 g/mol. The average molecular weight is 1480 g/mol. The van der Waals surface area contributed by atoms with Crippen LogP contribution in [0.15, 0.2) is 109 Å². The van der Waals surface area contributed by atoms with E-state index in [4.69, 9.17) is 37.0 Å². The number of rotatable bonds is 75. The third kappa shape index (κ3) is 74.0. The fourth-order valence-corrected chi connectivity index (χ4v) is 12.2. The Balaban J connectivity index is 5.34. The molecule has 0 amide bonds. The second-order valence-corrected chi connectivity index (χ2v) is 29.5. The molecule has 5 atom stereocenters. The molecule has 588 valence electrons. The van der Waals surface area contributed by atoms with Gasteiger partial charge < -0.3 is 33.8 Å². The normalized spacial score (nSPS) is 14.5. The van der Waals surface area contributed by atoms with Crippen molar-refractivity contribution in [2.45, 2.75) is 354 Å². The highest BCUT2D eigenvalue weighted by molar-refractivity contribution is 7.47. The van der Waals surface area contributed by atoms with Gasteiger partial charge in [-0.2, -0.15) is 0 Å². The molecule has 0 heterocycles. The minimum Gasteiger partial charge on any atom is -0.462 e. The average Bonchev–Trinajstić information content (AvgIpc) is 0.939. The number of esters is 4. The summed E-state index contributed by atoms with van der Waals surface area (Å²) in [5, 5.41) is 10.6. The molecule has 0 aliphatic heterocycles. The molecule has 0 aromatic heterocycles. The molecule has 17 nitrogen and oxygen atoms in total. The molecule has 0 aliphatic carbocycles. The van der Waals surface area contributed by atoms with Gasteiger partial charge in [0.15, 0.2) is 12.2 Å². The zero-order valence-corrected chi connectivity index (χ0v) is 66.0. The van der Waals surface area contributed by atoms with Crippen LogP contribution in [-0.4, -0.2) is 96.7 Å². The molecule has 0 fully saturated rings. The number of aliphatic hydroxyl groups is 1. The molecule has 0 aromatic rings. The Morgan fingerprint density at radius 2 is 0.520 bits per heavy atom. The van der Waals surface area contributed by atoms with Gasteiger partial charge in [-0.15, -0.1) is 0 Å². The van der Waals surface area contributed by atoms with Crippen LogP contribution < -0.4 is 0 Å². The van der Waals surface area contributed by atoms with E-state index in [0.717, 1.165) is 180 Å². The Bertz CT molecular complexity index is 2360. The Morgan fingerprint density at radius 3 is 0.833 bits per heavy atom. The Hall–Kier alpha value is -4.28. The number of hydrogen-bond acceptors (Lipinski definition) is 15. The van der Waals surface area contributed by atoms with E-state index in [1.165, 1.54) is 77.0 Å². The zero-order valence-electron chi connectivity index (χ0n) is 64.3. The molecule has 0 saturated carbocycles. The number of allylic oxidation sites excluding steroid dienone is 18. The molecule has 0 rings (SSSR count). The Kier molecular flexibility index (Phi) is 71.8. The van der Waals surface area contributed by atoms with Crippen LogP contribution in [0, 0.1) is 0 Å². The zero-order chi connectivity index (χ0) is 74.6. The SMILES string of the molecule is CC/C=C\C/C=C\C/C=C\C/C=C\C/C=C\CCCCCC(=O)OCC(COP(=O)(O)OCC(O)COP(=O)(O)OCC(COC(=O)CCCCCCCCC/C=C\C/C=C\C/C=C\CC)OC(=O)CCCCCCC/C=C\CCCC)OC(=O)CCCCCCCCCCCCCCCCC. The Morgan fingerprint density at radius 1 is 0.284 bits per heavy atom. The first-order valence-electron chi connectivity index (χ1n) is 40.1. The topological polar surface area (TPSA) is 237 Å². The van der Waals surface area contributed by atoms with Crippen LogP contribution in [0.25, 0.3) is 0 Å². The maximum Gasteiger partial charge on any atom is 0.472 e. The van der Waals surface area contributed by atoms with Crippen LogP contribution in [0.1, 0.15) is 336 Å². The van der Waals surface area contributed by atoms with Crippen LogP contribution in [0.4, 0.5) is 0 Å². The third-order valence-electron chi connectivity index (χ3n) is 16.7. The van der Waals surface area contributed by atoms with Gasteiger partial charge in [0, 0.05) is 25.7 Å². The van der Waals surface area contributed by atoms with Crippen LogP contribution in [0.5, 0.6) is 0 Å². The molecule has 0 aliphatic rings. The van der Waals surface area contributed by atoms with Gasteiger partial charge in [-0.05, 0) is 122 Å². The fraction of sp³-hybridized carbons (Fsp3) is 0.735.